The predicted molar refractivity (Wildman–Crippen MR) is 186 cm³/mol. The van der Waals surface area contributed by atoms with Crippen molar-refractivity contribution in [3.8, 4) is 0 Å². The van der Waals surface area contributed by atoms with E-state index in [1.807, 2.05) is 0 Å². The lowest BCUT2D eigenvalue weighted by Gasteiger charge is -2.28. The van der Waals surface area contributed by atoms with Gasteiger partial charge in [0.15, 0.2) is 6.04 Å². The molecule has 2 radical (unpaired) electrons. The van der Waals surface area contributed by atoms with Gasteiger partial charge < -0.3 is 65.3 Å². The van der Waals surface area contributed by atoms with Crippen LogP contribution < -0.4 is 76.2 Å². The van der Waals surface area contributed by atoms with Crippen LogP contribution in [0.5, 0.6) is 0 Å². The molecule has 1 saturated heterocycles. The summed E-state index contributed by atoms with van der Waals surface area (Å²) in [5.41, 5.74) is 25.5. The number of guanidine groups is 1. The molecule has 0 bridgehead atoms. The van der Waals surface area contributed by atoms with E-state index in [4.69, 9.17) is 58.0 Å². The van der Waals surface area contributed by atoms with Gasteiger partial charge in [0.05, 0.1) is 19.7 Å². The maximum atomic E-state index is 13.5. The topological polar surface area (TPSA) is 530 Å². The normalized spacial score (nSPS) is 23.7. The summed E-state index contributed by atoms with van der Waals surface area (Å²) in [5.74, 6) is -5.23. The summed E-state index contributed by atoms with van der Waals surface area (Å²) in [6, 6.07) is -8.10. The second-order valence-electron chi connectivity index (χ2n) is 11.7. The molecule has 0 aromatic rings. The van der Waals surface area contributed by atoms with Gasteiger partial charge in [0.2, 0.25) is 23.6 Å². The van der Waals surface area contributed by atoms with Crippen LogP contribution in [-0.4, -0.2) is 148 Å². The van der Waals surface area contributed by atoms with E-state index in [0.29, 0.717) is 32.4 Å². The average Bonchev–Trinajstić information content (AvgIpc) is 3.08. The maximum absolute atomic E-state index is 13.5. The van der Waals surface area contributed by atoms with Crippen molar-refractivity contribution in [3.05, 3.63) is 11.9 Å². The van der Waals surface area contributed by atoms with Gasteiger partial charge in [-0.1, -0.05) is 9.11 Å². The number of amides is 8. The zero-order valence-electron chi connectivity index (χ0n) is 29.9. The number of urea groups is 1. The highest BCUT2D eigenvalue weighted by Gasteiger charge is 2.37. The van der Waals surface area contributed by atoms with Gasteiger partial charge in [-0.2, -0.15) is 16.8 Å². The summed E-state index contributed by atoms with van der Waals surface area (Å²) in [4.78, 5) is 92.9. The smallest absolute Gasteiger partial charge is 0.394 e. The molecule has 1 fully saturated rings. The number of hydrogen-bond donors (Lipinski definition) is 17. The fourth-order valence-corrected chi connectivity index (χ4v) is 4.42. The Bertz CT molecular complexity index is 1670. The van der Waals surface area contributed by atoms with Gasteiger partial charge in [-0.3, -0.25) is 53.9 Å². The molecule has 32 heteroatoms. The summed E-state index contributed by atoms with van der Waals surface area (Å²) < 4.78 is 65.7. The minimum absolute atomic E-state index is 0.125. The zero-order valence-corrected chi connectivity index (χ0v) is 31.5. The van der Waals surface area contributed by atoms with Crippen molar-refractivity contribution in [2.45, 2.75) is 61.9 Å². The molecule has 324 valence electrons. The Morgan fingerprint density at radius 3 is 2.05 bits per heavy atom. The van der Waals surface area contributed by atoms with E-state index in [1.165, 1.54) is 0 Å². The van der Waals surface area contributed by atoms with Crippen molar-refractivity contribution < 1.29 is 84.4 Å². The molecule has 2 unspecified atom stereocenters. The highest BCUT2D eigenvalue weighted by molar-refractivity contribution is 7.79. The van der Waals surface area contributed by atoms with Crippen molar-refractivity contribution in [3.63, 3.8) is 0 Å². The Morgan fingerprint density at radius 2 is 1.53 bits per heavy atom. The van der Waals surface area contributed by atoms with Crippen LogP contribution in [0.3, 0.4) is 0 Å². The number of carbonyl (C=O) groups excluding carboxylic acids is 7. The number of aliphatic hydroxyl groups is 1. The molecule has 0 saturated carbocycles. The van der Waals surface area contributed by atoms with Gasteiger partial charge in [-0.05, 0) is 19.4 Å². The largest absolute Gasteiger partial charge is 0.425 e. The lowest BCUT2D eigenvalue weighted by molar-refractivity contribution is -0.467. The highest BCUT2D eigenvalue weighted by Crippen LogP contribution is 2.04. The molecular weight excluding hydrogens is 816 g/mol. The van der Waals surface area contributed by atoms with Crippen molar-refractivity contribution in [2.75, 3.05) is 32.8 Å². The predicted octanol–water partition coefficient (Wildman–Crippen LogP) is -12.4. The Morgan fingerprint density at radius 1 is 0.947 bits per heavy atom. The van der Waals surface area contributed by atoms with Crippen LogP contribution in [0.4, 0.5) is 4.79 Å². The molecule has 0 spiro atoms. The van der Waals surface area contributed by atoms with Crippen molar-refractivity contribution in [1.29, 1.82) is 0 Å². The molecule has 2 aliphatic heterocycles. The van der Waals surface area contributed by atoms with Crippen LogP contribution in [0.25, 0.3) is 0 Å². The third kappa shape index (κ3) is 24.7. The van der Waals surface area contributed by atoms with Crippen LogP contribution in [0.1, 0.15) is 25.7 Å². The van der Waals surface area contributed by atoms with E-state index < -0.39 is 117 Å². The van der Waals surface area contributed by atoms with Crippen LogP contribution in [-0.2, 0) is 58.7 Å². The first-order valence-corrected chi connectivity index (χ1v) is 18.9. The van der Waals surface area contributed by atoms with Gasteiger partial charge in [0.25, 0.3) is 11.8 Å². The molecule has 6 atom stereocenters. The average molecular weight is 865 g/mol. The first-order chi connectivity index (χ1) is 26.2. The van der Waals surface area contributed by atoms with Gasteiger partial charge in [0, 0.05) is 31.6 Å². The number of rotatable bonds is 10. The summed E-state index contributed by atoms with van der Waals surface area (Å²) in [7, 11) is -9.83. The maximum Gasteiger partial charge on any atom is 0.425 e. The van der Waals surface area contributed by atoms with E-state index >= 15 is 0 Å². The Balaban J connectivity index is 0.00000277. The monoisotopic (exact) mass is 864 g/mol. The zero-order chi connectivity index (χ0) is 44.1. The fraction of sp³-hybridized carbons (Fsp3) is 0.600. The van der Waals surface area contributed by atoms with Crippen LogP contribution in [0.2, 0.25) is 0 Å². The molecule has 23 N–H and O–H groups in total. The van der Waals surface area contributed by atoms with Crippen LogP contribution in [0.15, 0.2) is 11.9 Å². The lowest BCUT2D eigenvalue weighted by atomic mass is 10.0. The second kappa shape index (κ2) is 25.0. The van der Waals surface area contributed by atoms with Crippen molar-refractivity contribution in [1.82, 2.24) is 42.5 Å². The van der Waals surface area contributed by atoms with E-state index in [2.05, 4.69) is 53.3 Å². The molecule has 2 aliphatic rings. The van der Waals surface area contributed by atoms with Crippen molar-refractivity contribution >= 4 is 68.2 Å². The Kier molecular flexibility index (Phi) is 22.7. The summed E-state index contributed by atoms with van der Waals surface area (Å²) in [5, 5.41) is 29.0. The SMILES string of the molecule is NCCC[C@@H](N)CC(=O)NC[C@H]1NC(=O)C(CO)NC(=O)[C@@H]([NH3+])CNC(=O)C([C@H]2CC[NH+]=C(N)N2)NC(=O)/C(=C/NC(N)=O)NC1=O.[O]S(=O)(=O)O.[O]S(=O)(=O)O. The molecule has 2 rings (SSSR count). The Labute approximate surface area is 324 Å². The molecule has 57 heavy (non-hydrogen) atoms. The minimum Gasteiger partial charge on any atom is -0.394 e. The summed E-state index contributed by atoms with van der Waals surface area (Å²) >= 11 is 0. The quantitative estimate of drug-likeness (QED) is 0.0716. The van der Waals surface area contributed by atoms with E-state index in [1.54, 1.807) is 0 Å². The van der Waals surface area contributed by atoms with Gasteiger partial charge in [-0.25, -0.2) is 4.79 Å². The molecule has 2 heterocycles. The first kappa shape index (κ1) is 51.7. The summed E-state index contributed by atoms with van der Waals surface area (Å²) in [6.45, 7) is -1.06. The standard InChI is InChI=1S/C25H44N14O8.2HO4S/c26-4-1-2-11(27)6-17(41)32-8-14-20(43)35-15(9-34-25(30)47)21(44)39-18(13-3-5-31-24(29)38-13)23(46)33-7-12(28)19(42)37-16(10-40)22(45)36-14;2*1-5(2,3)4/h9,11-14,16,18,40H,1-8,10,26-28H2,(H,32,41)(H,33,46)(H,35,43)(H,36,45)(H,37,42)(H,39,44)(H3,29,31,38)(H3,30,34,47);2*(H,1,2,3)/p+2/b15-9-;;/t11-,12+,13-,14-,16?,18?;;/m1../s1. The fourth-order valence-electron chi connectivity index (χ4n) is 4.42. The molecule has 0 aromatic carbocycles. The second-order valence-corrected chi connectivity index (χ2v) is 13.4. The van der Waals surface area contributed by atoms with E-state index in [-0.39, 0.29) is 18.9 Å². The van der Waals surface area contributed by atoms with Gasteiger partial charge in [0.1, 0.15) is 29.9 Å². The highest BCUT2D eigenvalue weighted by atomic mass is 32.3. The van der Waals surface area contributed by atoms with Gasteiger partial charge >= 0.3 is 32.8 Å². The molecule has 0 aliphatic carbocycles. The number of nitrogens with one attached hydrogen (secondary N) is 9. The number of nitrogens with two attached hydrogens (primary N) is 4. The van der Waals surface area contributed by atoms with E-state index in [9.17, 15) is 38.7 Å². The number of primary amides is 1. The molecule has 0 aromatic heterocycles. The Hall–Kier alpha value is -5.32. The number of aliphatic hydroxyl groups excluding tert-OH is 1. The lowest BCUT2D eigenvalue weighted by Crippen LogP contribution is -2.84. The summed E-state index contributed by atoms with van der Waals surface area (Å²) in [6.07, 6.45) is 1.97. The molecular formula is C25H48N14O16S2+2. The number of carbonyl (C=O) groups is 7. The molecule has 30 nitrogen and oxygen atoms in total. The van der Waals surface area contributed by atoms with E-state index in [0.717, 1.165) is 6.20 Å². The van der Waals surface area contributed by atoms with Crippen LogP contribution in [0, 0.1) is 0 Å². The third-order valence-electron chi connectivity index (χ3n) is 7.02. The number of hydrogen-bond acceptors (Lipinski definition) is 16. The number of quaternary nitrogens is 1. The van der Waals surface area contributed by atoms with Gasteiger partial charge in [-0.15, -0.1) is 0 Å². The van der Waals surface area contributed by atoms with Crippen molar-refractivity contribution in [2.24, 2.45) is 22.9 Å². The minimum atomic E-state index is -4.92. The molecule has 8 amide bonds. The third-order valence-corrected chi connectivity index (χ3v) is 7.02. The van der Waals surface area contributed by atoms with Crippen LogP contribution >= 0.6 is 0 Å². The first-order valence-electron chi connectivity index (χ1n) is 16.2.